The number of hydrogen-bond acceptors (Lipinski definition) is 14. The van der Waals surface area contributed by atoms with Crippen molar-refractivity contribution >= 4 is 44.1 Å². The zero-order chi connectivity index (χ0) is 33.3. The molecule has 4 heterocycles. The molecule has 3 aliphatic rings. The van der Waals surface area contributed by atoms with Crippen molar-refractivity contribution in [1.82, 2.24) is 19.8 Å². The predicted molar refractivity (Wildman–Crippen MR) is 150 cm³/mol. The summed E-state index contributed by atoms with van der Waals surface area (Å²) in [7, 11) is -9.49. The number of aliphatic hydroxyl groups is 4. The summed E-state index contributed by atoms with van der Waals surface area (Å²) in [4.78, 5) is 72.4. The molecule has 24 heteroatoms. The van der Waals surface area contributed by atoms with E-state index in [1.807, 2.05) is 4.98 Å². The fourth-order valence-corrected chi connectivity index (χ4v) is 5.17. The number of aromatic nitrogens is 2. The average Bonchev–Trinajstić information content (AvgIpc) is 3.35. The number of halogens is 1. The lowest BCUT2D eigenvalue weighted by molar-refractivity contribution is -0.118. The lowest BCUT2D eigenvalue weighted by atomic mass is 10.1. The van der Waals surface area contributed by atoms with Crippen LogP contribution in [0.15, 0.2) is 38.0 Å². The van der Waals surface area contributed by atoms with E-state index < -0.39 is 89.2 Å². The van der Waals surface area contributed by atoms with Crippen molar-refractivity contribution in [3.8, 4) is 0 Å². The minimum Gasteiger partial charge on any atom is -0.387 e. The van der Waals surface area contributed by atoms with Crippen LogP contribution in [0.3, 0.4) is 0 Å². The summed E-state index contributed by atoms with van der Waals surface area (Å²) >= 11 is 1.78. The van der Waals surface area contributed by atoms with Crippen LogP contribution in [0.25, 0.3) is 0 Å². The van der Waals surface area contributed by atoms with Gasteiger partial charge in [0.1, 0.15) is 42.4 Å². The number of aryl methyl sites for hydroxylation is 1. The van der Waals surface area contributed by atoms with Crippen LogP contribution in [0.5, 0.6) is 0 Å². The topological polar surface area (TPSA) is 320 Å². The molecule has 1 aromatic heterocycles. The van der Waals surface area contributed by atoms with Gasteiger partial charge in [0.15, 0.2) is 12.5 Å². The summed E-state index contributed by atoms with van der Waals surface area (Å²) < 4.78 is 41.6. The number of H-pyrrole nitrogens is 1. The molecular weight excluding hydrogens is 757 g/mol. The lowest BCUT2D eigenvalue weighted by Crippen LogP contribution is -2.47. The van der Waals surface area contributed by atoms with Gasteiger partial charge in [-0.1, -0.05) is 6.58 Å². The van der Waals surface area contributed by atoms with Gasteiger partial charge in [0.2, 0.25) is 0 Å². The van der Waals surface area contributed by atoms with E-state index in [1.54, 1.807) is 22.6 Å². The maximum absolute atomic E-state index is 11.7. The van der Waals surface area contributed by atoms with Crippen molar-refractivity contribution < 1.29 is 72.4 Å². The minimum absolute atomic E-state index is 0.137. The Morgan fingerprint density at radius 1 is 0.909 bits per heavy atom. The number of aromatic amines is 1. The summed E-state index contributed by atoms with van der Waals surface area (Å²) in [6.45, 7) is 3.75. The lowest BCUT2D eigenvalue weighted by Gasteiger charge is -2.33. The van der Waals surface area contributed by atoms with Gasteiger partial charge in [-0.15, -0.1) is 0 Å². The molecule has 44 heavy (non-hydrogen) atoms. The smallest absolute Gasteiger partial charge is 0.387 e. The Bertz CT molecular complexity index is 1490. The normalized spacial score (nSPS) is 31.0. The van der Waals surface area contributed by atoms with Crippen LogP contribution >= 0.6 is 38.2 Å². The van der Waals surface area contributed by atoms with Crippen LogP contribution in [0.2, 0.25) is 0 Å². The van der Waals surface area contributed by atoms with E-state index in [1.165, 1.54) is 18.0 Å². The summed E-state index contributed by atoms with van der Waals surface area (Å²) in [5.41, 5.74) is -1.28. The highest BCUT2D eigenvalue weighted by molar-refractivity contribution is 14.1. The quantitative estimate of drug-likeness (QED) is 0.0895. The Morgan fingerprint density at radius 3 is 1.89 bits per heavy atom. The highest BCUT2D eigenvalue weighted by Gasteiger charge is 2.47. The van der Waals surface area contributed by atoms with Crippen LogP contribution in [-0.4, -0.2) is 116 Å². The van der Waals surface area contributed by atoms with Crippen molar-refractivity contribution in [2.75, 3.05) is 13.2 Å². The number of ether oxygens (including phenoxy) is 2. The molecule has 4 rings (SSSR count). The maximum atomic E-state index is 11.7. The zero-order valence-corrected chi connectivity index (χ0v) is 26.3. The number of carbonyl (C=O) groups excluding carboxylic acids is 1. The Hall–Kier alpha value is -1.86. The number of nitrogens with one attached hydrogen (secondary N) is 2. The molecule has 0 aliphatic carbocycles. The molecule has 0 aromatic carbocycles. The monoisotopic (exact) mass is 786 g/mol. The molecule has 21 nitrogen and oxygen atoms in total. The van der Waals surface area contributed by atoms with Gasteiger partial charge >= 0.3 is 21.3 Å². The van der Waals surface area contributed by atoms with E-state index in [0.717, 1.165) is 10.8 Å². The molecule has 0 saturated carbocycles. The summed E-state index contributed by atoms with van der Waals surface area (Å²) in [5.74, 6) is -0.227. The second-order valence-electron chi connectivity index (χ2n) is 9.43. The van der Waals surface area contributed by atoms with Gasteiger partial charge in [0.05, 0.1) is 16.8 Å². The van der Waals surface area contributed by atoms with Gasteiger partial charge in [0, 0.05) is 18.0 Å². The first kappa shape index (κ1) is 36.6. The predicted octanol–water partition coefficient (Wildman–Crippen LogP) is -3.70. The third kappa shape index (κ3) is 9.11. The number of hydrogen-bond donors (Lipinski definition) is 10. The summed E-state index contributed by atoms with van der Waals surface area (Å²) in [6.07, 6.45) is -8.19. The largest absolute Gasteiger partial charge is 0.469 e. The number of phosphoric acid groups is 2. The van der Waals surface area contributed by atoms with Gasteiger partial charge in [0.25, 0.3) is 11.5 Å². The molecule has 2 fully saturated rings. The van der Waals surface area contributed by atoms with Crippen LogP contribution in [0.4, 0.5) is 0 Å². The van der Waals surface area contributed by atoms with Crippen molar-refractivity contribution in [3.05, 3.63) is 54.8 Å². The van der Waals surface area contributed by atoms with Crippen LogP contribution in [0, 0.1) is 6.92 Å². The molecular formula is C20H29IN4O17P2. The van der Waals surface area contributed by atoms with E-state index in [0.29, 0.717) is 3.58 Å². The van der Waals surface area contributed by atoms with Gasteiger partial charge < -0.3 is 59.7 Å². The van der Waals surface area contributed by atoms with Gasteiger partial charge in [-0.05, 0) is 29.5 Å². The van der Waals surface area contributed by atoms with Crippen LogP contribution in [0.1, 0.15) is 11.8 Å². The standard InChI is InChI=1S/C10H14IN2O8P.C10H15N2O9P/c1-4-12-9(16)5(11)2-13(4)10-8(15)7(14)6(21-10)3-20-22(17,18)19;1-4-2-12(10(16)11-8(4)15)9-7(14)6(13)5(21-9)3-20-22(17,18)19/h2,6-8,10,14-15H,1,3H2,(H,12,16)(H2,17,18,19);2,5-7,9,13-14H,3H2,1H3,(H,11,15,16)(H2,17,18,19)/t6-,7-,8-,10?;5-,6-,7-,9?/m11/s1. The SMILES string of the molecule is C=C1NC(=O)C(I)=CN1C1O[C@H](COP(=O)(O)O)[C@@H](O)[C@H]1O.Cc1cn(C2O[C@H](COP(=O)(O)O)[C@@H](O)[C@H]2O)c(=O)[nH]c1=O. The highest BCUT2D eigenvalue weighted by atomic mass is 127. The van der Waals surface area contributed by atoms with Crippen molar-refractivity contribution in [1.29, 1.82) is 0 Å². The van der Waals surface area contributed by atoms with Crippen LogP contribution < -0.4 is 16.6 Å². The molecule has 10 N–H and O–H groups in total. The first-order valence-corrected chi connectivity index (χ1v) is 16.3. The van der Waals surface area contributed by atoms with E-state index in [-0.39, 0.29) is 17.3 Å². The molecule has 248 valence electrons. The van der Waals surface area contributed by atoms with E-state index in [4.69, 9.17) is 29.0 Å². The third-order valence-electron chi connectivity index (χ3n) is 6.22. The second kappa shape index (κ2) is 14.3. The van der Waals surface area contributed by atoms with E-state index in [9.17, 15) is 43.9 Å². The number of aliphatic hydroxyl groups excluding tert-OH is 4. The third-order valence-corrected chi connectivity index (χ3v) is 7.96. The Kier molecular flexibility index (Phi) is 11.9. The maximum Gasteiger partial charge on any atom is 0.469 e. The molecule has 1 amide bonds. The Labute approximate surface area is 259 Å². The van der Waals surface area contributed by atoms with Crippen molar-refractivity contribution in [2.45, 2.75) is 56.0 Å². The van der Waals surface area contributed by atoms with Crippen LogP contribution in [-0.2, 0) is 32.4 Å². The first-order chi connectivity index (χ1) is 20.2. The summed E-state index contributed by atoms with van der Waals surface area (Å²) in [5, 5.41) is 42.1. The summed E-state index contributed by atoms with van der Waals surface area (Å²) in [6, 6.07) is 0. The zero-order valence-electron chi connectivity index (χ0n) is 22.3. The molecule has 0 radical (unpaired) electrons. The van der Waals surface area contributed by atoms with Gasteiger partial charge in [-0.2, -0.15) is 0 Å². The fourth-order valence-electron chi connectivity index (χ4n) is 4.05. The molecule has 2 unspecified atom stereocenters. The number of amides is 1. The second-order valence-corrected chi connectivity index (χ2v) is 13.1. The highest BCUT2D eigenvalue weighted by Crippen LogP contribution is 2.39. The van der Waals surface area contributed by atoms with Crippen molar-refractivity contribution in [3.63, 3.8) is 0 Å². The van der Waals surface area contributed by atoms with E-state index in [2.05, 4.69) is 20.9 Å². The minimum atomic E-state index is -4.77. The Morgan fingerprint density at radius 2 is 1.39 bits per heavy atom. The molecule has 0 bridgehead atoms. The molecule has 1 aromatic rings. The molecule has 0 spiro atoms. The number of phosphoric ester groups is 2. The fraction of sp³-hybridized carbons (Fsp3) is 0.550. The molecule has 8 atom stereocenters. The van der Waals surface area contributed by atoms with E-state index >= 15 is 0 Å². The van der Waals surface area contributed by atoms with Gasteiger partial charge in [-0.3, -0.25) is 28.2 Å². The number of rotatable bonds is 8. The average molecular weight is 786 g/mol. The molecule has 3 aliphatic heterocycles. The van der Waals surface area contributed by atoms with Crippen molar-refractivity contribution in [2.24, 2.45) is 0 Å². The Balaban J connectivity index is 0.000000240. The number of carbonyl (C=O) groups is 1. The first-order valence-electron chi connectivity index (χ1n) is 12.1. The number of nitrogens with zero attached hydrogens (tertiary/aromatic N) is 2. The molecule has 2 saturated heterocycles. The van der Waals surface area contributed by atoms with Gasteiger partial charge in [-0.25, -0.2) is 13.9 Å².